The van der Waals surface area contributed by atoms with Crippen molar-refractivity contribution in [2.75, 3.05) is 26.7 Å². The summed E-state index contributed by atoms with van der Waals surface area (Å²) < 4.78 is 13.3. The molecule has 2 aliphatic rings. The second kappa shape index (κ2) is 7.85. The zero-order valence-corrected chi connectivity index (χ0v) is 16.7. The molecule has 2 saturated heterocycles. The predicted octanol–water partition coefficient (Wildman–Crippen LogP) is 4.94. The number of hydrogen-bond acceptors (Lipinski definition) is 2. The topological polar surface area (TPSA) is 6.48 Å². The van der Waals surface area contributed by atoms with E-state index in [0.29, 0.717) is 22.9 Å². The normalized spacial score (nSPS) is 25.9. The van der Waals surface area contributed by atoms with Crippen LogP contribution in [0.4, 0.5) is 4.39 Å². The van der Waals surface area contributed by atoms with E-state index >= 15 is 0 Å². The Hall–Kier alpha value is -1.13. The van der Waals surface area contributed by atoms with Gasteiger partial charge in [-0.05, 0) is 54.6 Å². The van der Waals surface area contributed by atoms with E-state index in [0.717, 1.165) is 31.7 Å². The summed E-state index contributed by atoms with van der Waals surface area (Å²) in [6.45, 7) is 6.31. The Kier molecular flexibility index (Phi) is 5.93. The molecule has 4 rings (SSSR count). The van der Waals surface area contributed by atoms with Gasteiger partial charge in [-0.2, -0.15) is 0 Å². The largest absolute Gasteiger partial charge is 0.299 e. The van der Waals surface area contributed by atoms with Crippen molar-refractivity contribution < 1.29 is 4.39 Å². The van der Waals surface area contributed by atoms with Crippen LogP contribution in [-0.4, -0.2) is 36.5 Å². The Balaban J connectivity index is 0.00000196. The van der Waals surface area contributed by atoms with Crippen molar-refractivity contribution in [3.8, 4) is 0 Å². The Bertz CT molecular complexity index is 782. The van der Waals surface area contributed by atoms with Crippen LogP contribution in [0.2, 0.25) is 5.02 Å². The second-order valence-corrected chi connectivity index (χ2v) is 8.00. The summed E-state index contributed by atoms with van der Waals surface area (Å²) in [4.78, 5) is 4.99. The molecule has 2 nitrogen and oxygen atoms in total. The van der Waals surface area contributed by atoms with Crippen LogP contribution in [0.15, 0.2) is 42.5 Å². The van der Waals surface area contributed by atoms with Crippen molar-refractivity contribution >= 4 is 24.0 Å². The first-order valence-corrected chi connectivity index (χ1v) is 9.33. The first-order valence-electron chi connectivity index (χ1n) is 8.95. The van der Waals surface area contributed by atoms with Crippen LogP contribution in [0, 0.1) is 24.6 Å². The molecule has 2 aromatic rings. The monoisotopic (exact) mass is 394 g/mol. The average Bonchev–Trinajstić information content (AvgIpc) is 3.07. The Morgan fingerprint density at radius 3 is 2.62 bits per heavy atom. The highest BCUT2D eigenvalue weighted by atomic mass is 35.5. The number of benzene rings is 2. The Labute approximate surface area is 166 Å². The Morgan fingerprint density at radius 2 is 1.88 bits per heavy atom. The summed E-state index contributed by atoms with van der Waals surface area (Å²) in [5.74, 6) is 1.06. The maximum absolute atomic E-state index is 13.3. The SMILES string of the molecule is Cc1ccccc1[C@@H]1[C@@H]2CN(Cc3ccc(F)cc3Cl)C[C@@H]2CN1C.Cl. The summed E-state index contributed by atoms with van der Waals surface area (Å²) in [6, 6.07) is 14.0. The van der Waals surface area contributed by atoms with Crippen LogP contribution in [0.1, 0.15) is 22.7 Å². The van der Waals surface area contributed by atoms with Gasteiger partial charge in [-0.1, -0.05) is 41.9 Å². The number of aryl methyl sites for hydroxylation is 1. The molecule has 5 heteroatoms. The third-order valence-electron chi connectivity index (χ3n) is 5.89. The van der Waals surface area contributed by atoms with E-state index in [4.69, 9.17) is 11.6 Å². The van der Waals surface area contributed by atoms with Gasteiger partial charge in [-0.3, -0.25) is 9.80 Å². The van der Waals surface area contributed by atoms with Crippen LogP contribution >= 0.6 is 24.0 Å². The van der Waals surface area contributed by atoms with Crippen LogP contribution in [0.25, 0.3) is 0 Å². The minimum atomic E-state index is -0.270. The summed E-state index contributed by atoms with van der Waals surface area (Å²) in [5.41, 5.74) is 3.85. The maximum atomic E-state index is 13.3. The van der Waals surface area contributed by atoms with E-state index in [9.17, 15) is 4.39 Å². The molecule has 0 saturated carbocycles. The minimum Gasteiger partial charge on any atom is -0.299 e. The van der Waals surface area contributed by atoms with Crippen LogP contribution in [0.5, 0.6) is 0 Å². The Morgan fingerprint density at radius 1 is 1.12 bits per heavy atom. The van der Waals surface area contributed by atoms with E-state index in [1.165, 1.54) is 23.3 Å². The molecular formula is C21H25Cl2FN2. The lowest BCUT2D eigenvalue weighted by atomic mass is 9.88. The number of halogens is 3. The standard InChI is InChI=1S/C21H24ClFN2.ClH/c1-14-5-3-4-6-18(14)21-19-13-25(12-16(19)10-24(21)2)11-15-7-8-17(23)9-20(15)22;/h3-9,16,19,21H,10-13H2,1-2H3;1H/t16-,19+,21+;/m0./s1. The number of fused-ring (bicyclic) bond motifs is 1. The van der Waals surface area contributed by atoms with E-state index < -0.39 is 0 Å². The summed E-state index contributed by atoms with van der Waals surface area (Å²) >= 11 is 6.22. The molecule has 0 spiro atoms. The minimum absolute atomic E-state index is 0. The lowest BCUT2D eigenvalue weighted by Gasteiger charge is -2.28. The molecule has 0 unspecified atom stereocenters. The van der Waals surface area contributed by atoms with Gasteiger partial charge in [-0.25, -0.2) is 4.39 Å². The van der Waals surface area contributed by atoms with Gasteiger partial charge in [0.1, 0.15) is 5.82 Å². The fraction of sp³-hybridized carbons (Fsp3) is 0.429. The van der Waals surface area contributed by atoms with E-state index in [1.54, 1.807) is 0 Å². The van der Waals surface area contributed by atoms with Crippen molar-refractivity contribution in [3.05, 3.63) is 70.0 Å². The van der Waals surface area contributed by atoms with Gasteiger partial charge in [0, 0.05) is 37.2 Å². The molecule has 3 atom stereocenters. The van der Waals surface area contributed by atoms with Crippen molar-refractivity contribution in [1.82, 2.24) is 9.80 Å². The van der Waals surface area contributed by atoms with Crippen LogP contribution in [0.3, 0.4) is 0 Å². The number of likely N-dealkylation sites (tertiary alicyclic amines) is 2. The van der Waals surface area contributed by atoms with E-state index in [2.05, 4.69) is 48.0 Å². The summed E-state index contributed by atoms with van der Waals surface area (Å²) in [5, 5.41) is 0.532. The average molecular weight is 395 g/mol. The quantitative estimate of drug-likeness (QED) is 0.726. The number of hydrogen-bond donors (Lipinski definition) is 0. The second-order valence-electron chi connectivity index (χ2n) is 7.59. The van der Waals surface area contributed by atoms with Gasteiger partial charge in [0.05, 0.1) is 0 Å². The van der Waals surface area contributed by atoms with Crippen molar-refractivity contribution in [3.63, 3.8) is 0 Å². The fourth-order valence-electron chi connectivity index (χ4n) is 4.76. The molecule has 2 aliphatic heterocycles. The predicted molar refractivity (Wildman–Crippen MR) is 107 cm³/mol. The van der Waals surface area contributed by atoms with Crippen molar-refractivity contribution in [2.24, 2.45) is 11.8 Å². The first-order chi connectivity index (χ1) is 12.0. The summed E-state index contributed by atoms with van der Waals surface area (Å²) in [7, 11) is 2.25. The number of rotatable bonds is 3. The van der Waals surface area contributed by atoms with Crippen LogP contribution < -0.4 is 0 Å². The highest BCUT2D eigenvalue weighted by Crippen LogP contribution is 2.45. The van der Waals surface area contributed by atoms with Crippen molar-refractivity contribution in [2.45, 2.75) is 19.5 Å². The highest BCUT2D eigenvalue weighted by Gasteiger charge is 2.46. The number of nitrogens with zero attached hydrogens (tertiary/aromatic N) is 2. The van der Waals surface area contributed by atoms with Gasteiger partial charge in [0.25, 0.3) is 0 Å². The lowest BCUT2D eigenvalue weighted by Crippen LogP contribution is -2.29. The zero-order chi connectivity index (χ0) is 17.6. The summed E-state index contributed by atoms with van der Waals surface area (Å²) in [6.07, 6.45) is 0. The van der Waals surface area contributed by atoms with Gasteiger partial charge in [-0.15, -0.1) is 12.4 Å². The molecule has 0 N–H and O–H groups in total. The molecule has 0 aromatic heterocycles. The molecule has 2 heterocycles. The zero-order valence-electron chi connectivity index (χ0n) is 15.2. The van der Waals surface area contributed by atoms with Gasteiger partial charge in [0.2, 0.25) is 0 Å². The van der Waals surface area contributed by atoms with Crippen molar-refractivity contribution in [1.29, 1.82) is 0 Å². The maximum Gasteiger partial charge on any atom is 0.124 e. The van der Waals surface area contributed by atoms with Gasteiger partial charge >= 0.3 is 0 Å². The fourth-order valence-corrected chi connectivity index (χ4v) is 4.98. The third kappa shape index (κ3) is 3.63. The van der Waals surface area contributed by atoms with Gasteiger partial charge < -0.3 is 0 Å². The highest BCUT2D eigenvalue weighted by molar-refractivity contribution is 6.31. The molecule has 26 heavy (non-hydrogen) atoms. The van der Waals surface area contributed by atoms with Gasteiger partial charge in [0.15, 0.2) is 0 Å². The molecule has 0 radical (unpaired) electrons. The molecule has 2 aromatic carbocycles. The van der Waals surface area contributed by atoms with Crippen LogP contribution in [-0.2, 0) is 6.54 Å². The molecular weight excluding hydrogens is 370 g/mol. The van der Waals surface area contributed by atoms with E-state index in [1.807, 2.05) is 6.07 Å². The first kappa shape index (κ1) is 19.6. The molecule has 2 fully saturated rings. The molecule has 140 valence electrons. The molecule has 0 bridgehead atoms. The molecule has 0 aliphatic carbocycles. The third-order valence-corrected chi connectivity index (χ3v) is 6.24. The lowest BCUT2D eigenvalue weighted by molar-refractivity contribution is 0.224. The smallest absolute Gasteiger partial charge is 0.124 e. The molecule has 0 amide bonds. The van der Waals surface area contributed by atoms with E-state index in [-0.39, 0.29) is 18.2 Å².